The van der Waals surface area contributed by atoms with Gasteiger partial charge in [0.2, 0.25) is 5.91 Å². The molecular weight excluding hydrogens is 350 g/mol. The van der Waals surface area contributed by atoms with Crippen LogP contribution in [0, 0.1) is 16.0 Å². The van der Waals surface area contributed by atoms with Gasteiger partial charge in [0, 0.05) is 38.2 Å². The minimum atomic E-state index is -0.505. The van der Waals surface area contributed by atoms with Crippen molar-refractivity contribution in [3.05, 3.63) is 33.3 Å². The fourth-order valence-corrected chi connectivity index (χ4v) is 2.90. The summed E-state index contributed by atoms with van der Waals surface area (Å²) in [5.74, 6) is -0.759. The number of hydrogen-bond acceptors (Lipinski definition) is 6. The number of likely N-dealkylation sites (tertiary alicyclic amines) is 1. The molecule has 25 heavy (non-hydrogen) atoms. The predicted octanol–water partition coefficient (Wildman–Crippen LogP) is 2.46. The van der Waals surface area contributed by atoms with Crippen LogP contribution in [0.25, 0.3) is 0 Å². The molecule has 0 aliphatic carbocycles. The number of esters is 1. The van der Waals surface area contributed by atoms with Crippen LogP contribution >= 0.6 is 11.6 Å². The molecule has 1 N–H and O–H groups in total. The summed E-state index contributed by atoms with van der Waals surface area (Å²) in [4.78, 5) is 35.4. The minimum Gasteiger partial charge on any atom is -0.466 e. The van der Waals surface area contributed by atoms with Crippen LogP contribution in [0.4, 0.5) is 11.4 Å². The number of anilines is 1. The molecular formula is C16H20ClN3O5. The Hall–Kier alpha value is -2.35. The first kappa shape index (κ1) is 19.0. The molecule has 1 atom stereocenters. The zero-order valence-corrected chi connectivity index (χ0v) is 14.6. The van der Waals surface area contributed by atoms with Gasteiger partial charge in [0.1, 0.15) is 0 Å². The first-order valence-electron chi connectivity index (χ1n) is 8.04. The molecule has 8 nitrogen and oxygen atoms in total. The highest BCUT2D eigenvalue weighted by atomic mass is 35.5. The maximum absolute atomic E-state index is 11.9. The second kappa shape index (κ2) is 8.66. The molecule has 0 aromatic heterocycles. The molecule has 1 aromatic rings. The zero-order valence-electron chi connectivity index (χ0n) is 13.9. The molecule has 1 fully saturated rings. The van der Waals surface area contributed by atoms with E-state index in [4.69, 9.17) is 16.3 Å². The number of nitrogens with one attached hydrogen (secondary N) is 1. The van der Waals surface area contributed by atoms with Gasteiger partial charge in [-0.3, -0.25) is 19.7 Å². The third-order valence-electron chi connectivity index (χ3n) is 3.92. The standard InChI is InChI=1S/C16H20ClN3O5/c1-2-25-16(22)11-8-15(21)19(10-11)7-3-6-18-14-5-4-12(20(23)24)9-13(14)17/h4-5,9,11,18H,2-3,6-8,10H2,1H3/t11-/m1/s1. The van der Waals surface area contributed by atoms with Gasteiger partial charge in [-0.15, -0.1) is 0 Å². The van der Waals surface area contributed by atoms with Gasteiger partial charge in [0.05, 0.1) is 28.2 Å². The van der Waals surface area contributed by atoms with E-state index in [2.05, 4.69) is 5.32 Å². The van der Waals surface area contributed by atoms with Gasteiger partial charge in [-0.2, -0.15) is 0 Å². The van der Waals surface area contributed by atoms with Gasteiger partial charge >= 0.3 is 5.97 Å². The zero-order chi connectivity index (χ0) is 18.4. The highest BCUT2D eigenvalue weighted by Gasteiger charge is 2.34. The Morgan fingerprint density at radius 3 is 2.92 bits per heavy atom. The molecule has 0 unspecified atom stereocenters. The molecule has 2 rings (SSSR count). The van der Waals surface area contributed by atoms with Crippen LogP contribution in [0.1, 0.15) is 19.8 Å². The first-order valence-corrected chi connectivity index (χ1v) is 8.42. The van der Waals surface area contributed by atoms with Crippen molar-refractivity contribution >= 4 is 34.9 Å². The molecule has 0 spiro atoms. The number of benzene rings is 1. The lowest BCUT2D eigenvalue weighted by Gasteiger charge is -2.17. The molecule has 1 aromatic carbocycles. The average molecular weight is 370 g/mol. The molecule has 9 heteroatoms. The Morgan fingerprint density at radius 1 is 1.52 bits per heavy atom. The molecule has 0 bridgehead atoms. The molecule has 1 aliphatic rings. The van der Waals surface area contributed by atoms with Gasteiger partial charge in [-0.05, 0) is 19.4 Å². The summed E-state index contributed by atoms with van der Waals surface area (Å²) >= 11 is 6.00. The number of amides is 1. The van der Waals surface area contributed by atoms with Crippen LogP contribution in [0.5, 0.6) is 0 Å². The quantitative estimate of drug-likeness (QED) is 0.327. The highest BCUT2D eigenvalue weighted by Crippen LogP contribution is 2.26. The first-order chi connectivity index (χ1) is 11.9. The van der Waals surface area contributed by atoms with E-state index < -0.39 is 4.92 Å². The smallest absolute Gasteiger partial charge is 0.311 e. The van der Waals surface area contributed by atoms with Crippen LogP contribution < -0.4 is 5.32 Å². The van der Waals surface area contributed by atoms with E-state index in [0.717, 1.165) is 0 Å². The summed E-state index contributed by atoms with van der Waals surface area (Å²) in [5.41, 5.74) is 0.535. The second-order valence-corrected chi connectivity index (χ2v) is 6.10. The van der Waals surface area contributed by atoms with Crippen molar-refractivity contribution in [2.45, 2.75) is 19.8 Å². The topological polar surface area (TPSA) is 102 Å². The Bertz CT molecular complexity index is 667. The number of nitro groups is 1. The number of nitro benzene ring substituents is 1. The monoisotopic (exact) mass is 369 g/mol. The lowest BCUT2D eigenvalue weighted by atomic mass is 10.1. The predicted molar refractivity (Wildman–Crippen MR) is 92.5 cm³/mol. The number of hydrogen-bond donors (Lipinski definition) is 1. The highest BCUT2D eigenvalue weighted by molar-refractivity contribution is 6.33. The number of rotatable bonds is 8. The summed E-state index contributed by atoms with van der Waals surface area (Å²) in [6, 6.07) is 4.22. The summed E-state index contributed by atoms with van der Waals surface area (Å²) in [6.45, 7) is 3.50. The molecule has 1 saturated heterocycles. The lowest BCUT2D eigenvalue weighted by molar-refractivity contribution is -0.384. The van der Waals surface area contributed by atoms with Crippen molar-refractivity contribution in [3.8, 4) is 0 Å². The van der Waals surface area contributed by atoms with E-state index in [1.807, 2.05) is 0 Å². The van der Waals surface area contributed by atoms with Gasteiger partial charge in [0.15, 0.2) is 0 Å². The van der Waals surface area contributed by atoms with E-state index >= 15 is 0 Å². The maximum atomic E-state index is 11.9. The Labute approximate surface area is 150 Å². The van der Waals surface area contributed by atoms with Crippen molar-refractivity contribution in [1.29, 1.82) is 0 Å². The SMILES string of the molecule is CCOC(=O)[C@@H]1CC(=O)N(CCCNc2ccc([N+](=O)[O-])cc2Cl)C1. The molecule has 1 aliphatic heterocycles. The number of carbonyl (C=O) groups is 2. The maximum Gasteiger partial charge on any atom is 0.311 e. The van der Waals surface area contributed by atoms with Gasteiger partial charge in [-0.25, -0.2) is 0 Å². The third kappa shape index (κ3) is 5.06. The number of ether oxygens (including phenoxy) is 1. The lowest BCUT2D eigenvalue weighted by Crippen LogP contribution is -2.29. The largest absolute Gasteiger partial charge is 0.466 e. The van der Waals surface area contributed by atoms with Crippen LogP contribution in [-0.4, -0.2) is 47.9 Å². The van der Waals surface area contributed by atoms with E-state index in [-0.39, 0.29) is 34.9 Å². The normalized spacial score (nSPS) is 16.8. The van der Waals surface area contributed by atoms with Crippen molar-refractivity contribution in [3.63, 3.8) is 0 Å². The minimum absolute atomic E-state index is 0.0496. The van der Waals surface area contributed by atoms with Crippen LogP contribution in [-0.2, 0) is 14.3 Å². The second-order valence-electron chi connectivity index (χ2n) is 5.69. The van der Waals surface area contributed by atoms with Crippen LogP contribution in [0.2, 0.25) is 5.02 Å². The molecule has 0 saturated carbocycles. The van der Waals surface area contributed by atoms with Crippen molar-refractivity contribution in [2.24, 2.45) is 5.92 Å². The van der Waals surface area contributed by atoms with Crippen molar-refractivity contribution in [2.75, 3.05) is 31.6 Å². The Balaban J connectivity index is 1.77. The number of non-ortho nitro benzene ring substituents is 1. The van der Waals surface area contributed by atoms with Gasteiger partial charge in [0.25, 0.3) is 5.69 Å². The summed E-state index contributed by atoms with van der Waals surface area (Å²) in [6.07, 6.45) is 0.856. The fraction of sp³-hybridized carbons (Fsp3) is 0.500. The fourth-order valence-electron chi connectivity index (χ4n) is 2.66. The average Bonchev–Trinajstić information content (AvgIpc) is 2.94. The van der Waals surface area contributed by atoms with E-state index in [9.17, 15) is 19.7 Å². The number of halogens is 1. The van der Waals surface area contributed by atoms with E-state index in [0.29, 0.717) is 38.3 Å². The molecule has 1 heterocycles. The van der Waals surface area contributed by atoms with E-state index in [1.165, 1.54) is 12.1 Å². The Kier molecular flexibility index (Phi) is 6.58. The van der Waals surface area contributed by atoms with Crippen LogP contribution in [0.15, 0.2) is 18.2 Å². The number of carbonyl (C=O) groups excluding carboxylic acids is 2. The van der Waals surface area contributed by atoms with Crippen LogP contribution in [0.3, 0.4) is 0 Å². The van der Waals surface area contributed by atoms with Crippen molar-refractivity contribution < 1.29 is 19.2 Å². The Morgan fingerprint density at radius 2 is 2.28 bits per heavy atom. The molecule has 1 amide bonds. The van der Waals surface area contributed by atoms with Crippen molar-refractivity contribution in [1.82, 2.24) is 4.90 Å². The van der Waals surface area contributed by atoms with Gasteiger partial charge in [-0.1, -0.05) is 11.6 Å². The van der Waals surface area contributed by atoms with Gasteiger partial charge < -0.3 is 15.0 Å². The summed E-state index contributed by atoms with van der Waals surface area (Å²) in [5, 5.41) is 14.0. The third-order valence-corrected chi connectivity index (χ3v) is 4.23. The molecule has 136 valence electrons. The summed E-state index contributed by atoms with van der Waals surface area (Å²) < 4.78 is 4.95. The van der Waals surface area contributed by atoms with E-state index in [1.54, 1.807) is 17.9 Å². The summed E-state index contributed by atoms with van der Waals surface area (Å²) in [7, 11) is 0. The number of nitrogens with zero attached hydrogens (tertiary/aromatic N) is 2. The molecule has 0 radical (unpaired) electrons.